The molecule has 0 saturated carbocycles. The van der Waals surface area contributed by atoms with Crippen LogP contribution in [0.25, 0.3) is 89.1 Å². The van der Waals surface area contributed by atoms with Gasteiger partial charge in [0.1, 0.15) is 0 Å². The molecule has 1 aromatic heterocycles. The van der Waals surface area contributed by atoms with Crippen LogP contribution in [0.1, 0.15) is 22.3 Å². The lowest BCUT2D eigenvalue weighted by molar-refractivity contribution is 0.794. The molecule has 1 heterocycles. The van der Waals surface area contributed by atoms with Gasteiger partial charge >= 0.3 is 0 Å². The van der Waals surface area contributed by atoms with Gasteiger partial charge in [-0.2, -0.15) is 0 Å². The van der Waals surface area contributed by atoms with Crippen molar-refractivity contribution in [2.45, 2.75) is 5.41 Å². The Balaban J connectivity index is 1.05. The summed E-state index contributed by atoms with van der Waals surface area (Å²) in [5.74, 6) is 1.94. The molecule has 0 aliphatic heterocycles. The van der Waals surface area contributed by atoms with E-state index in [0.29, 0.717) is 17.5 Å². The smallest absolute Gasteiger partial charge is 0.164 e. The van der Waals surface area contributed by atoms with Crippen molar-refractivity contribution < 1.29 is 0 Å². The fourth-order valence-corrected chi connectivity index (χ4v) is 9.61. The van der Waals surface area contributed by atoms with Gasteiger partial charge in [-0.1, -0.05) is 182 Å². The van der Waals surface area contributed by atoms with Crippen LogP contribution >= 0.6 is 0 Å². The molecule has 57 heavy (non-hydrogen) atoms. The highest BCUT2D eigenvalue weighted by atomic mass is 15.0. The Kier molecular flexibility index (Phi) is 6.84. The topological polar surface area (TPSA) is 38.7 Å². The monoisotopic (exact) mass is 723 g/mol. The molecule has 3 heteroatoms. The molecular formula is C54H33N3. The molecule has 9 aromatic carbocycles. The standard InChI is InChI=1S/C54H33N3/c1-2-14-36(15-3-1)51-55-52(38-28-26-34-25-27-37(31-40(34)32-38)42-21-12-16-35-13-4-5-17-41(35)42)57-53(56-51)39-29-30-46-45-20-8-11-24-49(45)54(50(46)33-39)47-22-9-6-18-43(47)44-19-7-10-23-48(44)54/h1-33H. The van der Waals surface area contributed by atoms with E-state index < -0.39 is 5.41 Å². The molecule has 264 valence electrons. The zero-order chi connectivity index (χ0) is 37.5. The van der Waals surface area contributed by atoms with Crippen LogP contribution in [-0.4, -0.2) is 15.0 Å². The quantitative estimate of drug-likeness (QED) is 0.181. The van der Waals surface area contributed by atoms with Gasteiger partial charge in [0.25, 0.3) is 0 Å². The third-order valence-corrected chi connectivity index (χ3v) is 12.1. The number of hydrogen-bond acceptors (Lipinski definition) is 3. The van der Waals surface area contributed by atoms with Crippen molar-refractivity contribution in [3.63, 3.8) is 0 Å². The van der Waals surface area contributed by atoms with Gasteiger partial charge in [-0.15, -0.1) is 0 Å². The fraction of sp³-hybridized carbons (Fsp3) is 0.0185. The van der Waals surface area contributed by atoms with Crippen molar-refractivity contribution in [2.24, 2.45) is 0 Å². The summed E-state index contributed by atoms with van der Waals surface area (Å²) in [6.07, 6.45) is 0. The summed E-state index contributed by atoms with van der Waals surface area (Å²) in [5.41, 5.74) is 15.1. The van der Waals surface area contributed by atoms with Crippen LogP contribution < -0.4 is 0 Å². The second-order valence-corrected chi connectivity index (χ2v) is 15.1. The Labute approximate surface area is 330 Å². The van der Waals surface area contributed by atoms with E-state index in [0.717, 1.165) is 22.1 Å². The lowest BCUT2D eigenvalue weighted by Crippen LogP contribution is -2.25. The van der Waals surface area contributed by atoms with Crippen molar-refractivity contribution in [1.29, 1.82) is 0 Å². The molecule has 1 spiro atoms. The van der Waals surface area contributed by atoms with Gasteiger partial charge in [-0.05, 0) is 95.4 Å². The SMILES string of the molecule is c1ccc(-c2nc(-c3ccc4c(c3)C3(c5ccccc5-c5ccccc53)c3ccccc3-4)nc(-c3ccc4ccc(-c5cccc6ccccc56)cc4c3)n2)cc1. The number of fused-ring (bicyclic) bond motifs is 12. The van der Waals surface area contributed by atoms with Crippen LogP contribution in [0.4, 0.5) is 0 Å². The van der Waals surface area contributed by atoms with Gasteiger partial charge < -0.3 is 0 Å². The summed E-state index contributed by atoms with van der Waals surface area (Å²) in [6, 6.07) is 72.1. The number of nitrogens with zero attached hydrogens (tertiary/aromatic N) is 3. The molecule has 2 aliphatic carbocycles. The maximum absolute atomic E-state index is 5.28. The summed E-state index contributed by atoms with van der Waals surface area (Å²) in [4.78, 5) is 15.6. The zero-order valence-corrected chi connectivity index (χ0v) is 30.9. The Morgan fingerprint density at radius 1 is 0.263 bits per heavy atom. The number of aromatic nitrogens is 3. The van der Waals surface area contributed by atoms with E-state index in [9.17, 15) is 0 Å². The summed E-state index contributed by atoms with van der Waals surface area (Å²) in [6.45, 7) is 0. The molecular weight excluding hydrogens is 691 g/mol. The first-order valence-corrected chi connectivity index (χ1v) is 19.5. The summed E-state index contributed by atoms with van der Waals surface area (Å²) in [7, 11) is 0. The van der Waals surface area contributed by atoms with E-state index in [2.05, 4.69) is 182 Å². The van der Waals surface area contributed by atoms with E-state index in [1.165, 1.54) is 71.8 Å². The largest absolute Gasteiger partial charge is 0.208 e. The zero-order valence-electron chi connectivity index (χ0n) is 30.9. The van der Waals surface area contributed by atoms with E-state index in [-0.39, 0.29) is 0 Å². The Bertz CT molecular complexity index is 3190. The van der Waals surface area contributed by atoms with Crippen molar-refractivity contribution in [2.75, 3.05) is 0 Å². The lowest BCUT2D eigenvalue weighted by Gasteiger charge is -2.30. The first kappa shape index (κ1) is 31.8. The average molecular weight is 724 g/mol. The number of hydrogen-bond donors (Lipinski definition) is 0. The molecule has 0 bridgehead atoms. The van der Waals surface area contributed by atoms with Crippen LogP contribution in [0, 0.1) is 0 Å². The molecule has 3 nitrogen and oxygen atoms in total. The fourth-order valence-electron chi connectivity index (χ4n) is 9.61. The molecule has 0 radical (unpaired) electrons. The molecule has 12 rings (SSSR count). The van der Waals surface area contributed by atoms with Gasteiger partial charge in [0, 0.05) is 16.7 Å². The van der Waals surface area contributed by atoms with Crippen LogP contribution in [-0.2, 0) is 5.41 Å². The van der Waals surface area contributed by atoms with Gasteiger partial charge in [0.2, 0.25) is 0 Å². The van der Waals surface area contributed by atoms with Crippen LogP contribution in [0.3, 0.4) is 0 Å². The highest BCUT2D eigenvalue weighted by Gasteiger charge is 2.51. The molecule has 0 atom stereocenters. The lowest BCUT2D eigenvalue weighted by atomic mass is 9.70. The van der Waals surface area contributed by atoms with E-state index >= 15 is 0 Å². The average Bonchev–Trinajstić information content (AvgIpc) is 3.76. The van der Waals surface area contributed by atoms with Crippen molar-refractivity contribution >= 4 is 21.5 Å². The van der Waals surface area contributed by atoms with Crippen LogP contribution in [0.5, 0.6) is 0 Å². The van der Waals surface area contributed by atoms with Crippen molar-refractivity contribution in [3.8, 4) is 67.5 Å². The predicted molar refractivity (Wildman–Crippen MR) is 233 cm³/mol. The van der Waals surface area contributed by atoms with Crippen LogP contribution in [0.15, 0.2) is 200 Å². The minimum absolute atomic E-state index is 0.451. The highest BCUT2D eigenvalue weighted by molar-refractivity contribution is 6.00. The number of benzene rings is 9. The van der Waals surface area contributed by atoms with Crippen molar-refractivity contribution in [1.82, 2.24) is 15.0 Å². The summed E-state index contributed by atoms with van der Waals surface area (Å²) < 4.78 is 0. The van der Waals surface area contributed by atoms with Crippen LogP contribution in [0.2, 0.25) is 0 Å². The first-order chi connectivity index (χ1) is 28.2. The minimum atomic E-state index is -0.451. The summed E-state index contributed by atoms with van der Waals surface area (Å²) >= 11 is 0. The predicted octanol–water partition coefficient (Wildman–Crippen LogP) is 13.2. The summed E-state index contributed by atoms with van der Waals surface area (Å²) in [5, 5.41) is 4.78. The molecule has 10 aromatic rings. The van der Waals surface area contributed by atoms with Gasteiger partial charge in [0.15, 0.2) is 17.5 Å². The second-order valence-electron chi connectivity index (χ2n) is 15.1. The first-order valence-electron chi connectivity index (χ1n) is 19.5. The minimum Gasteiger partial charge on any atom is -0.208 e. The number of rotatable bonds is 4. The third-order valence-electron chi connectivity index (χ3n) is 12.1. The van der Waals surface area contributed by atoms with E-state index in [4.69, 9.17) is 15.0 Å². The molecule has 0 fully saturated rings. The van der Waals surface area contributed by atoms with E-state index in [1.54, 1.807) is 0 Å². The molecule has 0 amide bonds. The Morgan fingerprint density at radius 3 is 1.42 bits per heavy atom. The molecule has 0 unspecified atom stereocenters. The third kappa shape index (κ3) is 4.69. The van der Waals surface area contributed by atoms with Crippen molar-refractivity contribution in [3.05, 3.63) is 222 Å². The van der Waals surface area contributed by atoms with Gasteiger partial charge in [-0.3, -0.25) is 0 Å². The van der Waals surface area contributed by atoms with Gasteiger partial charge in [-0.25, -0.2) is 15.0 Å². The Hall–Kier alpha value is -7.49. The molecule has 0 saturated heterocycles. The Morgan fingerprint density at radius 2 is 0.737 bits per heavy atom. The molecule has 2 aliphatic rings. The molecule has 0 N–H and O–H groups in total. The second kappa shape index (κ2) is 12.3. The highest BCUT2D eigenvalue weighted by Crippen LogP contribution is 2.63. The van der Waals surface area contributed by atoms with Gasteiger partial charge in [0.05, 0.1) is 5.41 Å². The normalized spacial score (nSPS) is 13.1. The van der Waals surface area contributed by atoms with E-state index in [1.807, 2.05) is 18.2 Å². The maximum atomic E-state index is 5.28. The maximum Gasteiger partial charge on any atom is 0.164 e.